The van der Waals surface area contributed by atoms with Crippen molar-refractivity contribution in [3.63, 3.8) is 0 Å². The van der Waals surface area contributed by atoms with Gasteiger partial charge in [-0.1, -0.05) is 20.8 Å². The average molecular weight is 334 g/mol. The van der Waals surface area contributed by atoms with Crippen molar-refractivity contribution >= 4 is 22.4 Å². The fourth-order valence-corrected chi connectivity index (χ4v) is 3.64. The Morgan fingerprint density at radius 1 is 1.35 bits per heavy atom. The summed E-state index contributed by atoms with van der Waals surface area (Å²) >= 11 is 1.59. The molecule has 0 radical (unpaired) electrons. The average Bonchev–Trinajstić information content (AvgIpc) is 3.18. The Bertz CT molecular complexity index is 679. The summed E-state index contributed by atoms with van der Waals surface area (Å²) in [6.07, 6.45) is 4.64. The first-order valence-electron chi connectivity index (χ1n) is 7.77. The lowest BCUT2D eigenvalue weighted by Crippen LogP contribution is -2.51. The third-order valence-corrected chi connectivity index (χ3v) is 5.31. The van der Waals surface area contributed by atoms with E-state index in [1.165, 1.54) is 0 Å². The Hall–Kier alpha value is -1.89. The van der Waals surface area contributed by atoms with Gasteiger partial charge in [-0.05, 0) is 6.07 Å². The fourth-order valence-electron chi connectivity index (χ4n) is 2.94. The van der Waals surface area contributed by atoms with Gasteiger partial charge < -0.3 is 10.0 Å². The van der Waals surface area contributed by atoms with Gasteiger partial charge >= 0.3 is 5.97 Å². The van der Waals surface area contributed by atoms with Gasteiger partial charge in [0, 0.05) is 49.1 Å². The van der Waals surface area contributed by atoms with Crippen molar-refractivity contribution in [2.45, 2.75) is 44.6 Å². The van der Waals surface area contributed by atoms with E-state index in [0.29, 0.717) is 25.9 Å². The Morgan fingerprint density at radius 3 is 2.52 bits per heavy atom. The molecular formula is C16H22N4O2S. The van der Waals surface area contributed by atoms with Gasteiger partial charge in [0.1, 0.15) is 0 Å². The molecule has 23 heavy (non-hydrogen) atoms. The molecule has 3 heterocycles. The molecule has 124 valence electrons. The first-order valence-corrected chi connectivity index (χ1v) is 8.65. The van der Waals surface area contributed by atoms with Gasteiger partial charge in [0.2, 0.25) is 0 Å². The molecule has 0 aliphatic carbocycles. The topological polar surface area (TPSA) is 71.2 Å². The van der Waals surface area contributed by atoms with Crippen LogP contribution in [-0.2, 0) is 15.7 Å². The maximum Gasteiger partial charge on any atom is 0.331 e. The molecule has 2 aromatic heterocycles. The summed E-state index contributed by atoms with van der Waals surface area (Å²) in [6.45, 7) is 7.59. The number of nitrogens with zero attached hydrogens (tertiary/aromatic N) is 4. The summed E-state index contributed by atoms with van der Waals surface area (Å²) in [7, 11) is 0. The van der Waals surface area contributed by atoms with Gasteiger partial charge in [0.15, 0.2) is 10.7 Å². The smallest absolute Gasteiger partial charge is 0.331 e. The number of piperidine rings is 1. The van der Waals surface area contributed by atoms with Crippen molar-refractivity contribution in [3.8, 4) is 0 Å². The molecule has 1 fully saturated rings. The van der Waals surface area contributed by atoms with Crippen LogP contribution in [0.15, 0.2) is 23.8 Å². The molecule has 1 aliphatic heterocycles. The van der Waals surface area contributed by atoms with E-state index in [-0.39, 0.29) is 5.41 Å². The standard InChI is InChI=1S/C16H22N4O2S/c1-15(2,3)12-4-8-20(18-12)16(13(21)22)5-9-19(10-6-16)14-17-7-11-23-14/h4,7-8,11H,5-6,9-10H2,1-3H3,(H,21,22). The molecule has 0 amide bonds. The van der Waals surface area contributed by atoms with Crippen LogP contribution in [0, 0.1) is 0 Å². The van der Waals surface area contributed by atoms with Crippen molar-refractivity contribution in [1.82, 2.24) is 14.8 Å². The van der Waals surface area contributed by atoms with Crippen LogP contribution >= 0.6 is 11.3 Å². The lowest BCUT2D eigenvalue weighted by Gasteiger charge is -2.39. The molecule has 0 spiro atoms. The number of hydrogen-bond donors (Lipinski definition) is 1. The minimum absolute atomic E-state index is 0.0907. The number of aromatic nitrogens is 3. The molecule has 0 saturated carbocycles. The number of carbonyl (C=O) groups is 1. The maximum absolute atomic E-state index is 12.0. The van der Waals surface area contributed by atoms with Gasteiger partial charge in [-0.2, -0.15) is 5.10 Å². The Morgan fingerprint density at radius 2 is 2.04 bits per heavy atom. The predicted molar refractivity (Wildman–Crippen MR) is 90.1 cm³/mol. The highest BCUT2D eigenvalue weighted by molar-refractivity contribution is 7.13. The van der Waals surface area contributed by atoms with E-state index in [1.807, 2.05) is 17.6 Å². The highest BCUT2D eigenvalue weighted by Gasteiger charge is 2.44. The summed E-state index contributed by atoms with van der Waals surface area (Å²) in [5, 5.41) is 17.4. The number of carboxylic acid groups (broad SMARTS) is 1. The number of carboxylic acids is 1. The van der Waals surface area contributed by atoms with E-state index in [1.54, 1.807) is 22.2 Å². The number of hydrogen-bond acceptors (Lipinski definition) is 5. The van der Waals surface area contributed by atoms with Crippen LogP contribution in [0.3, 0.4) is 0 Å². The summed E-state index contributed by atoms with van der Waals surface area (Å²) in [5.74, 6) is -0.806. The van der Waals surface area contributed by atoms with E-state index >= 15 is 0 Å². The largest absolute Gasteiger partial charge is 0.479 e. The molecular weight excluding hydrogens is 312 g/mol. The molecule has 3 rings (SSSR count). The molecule has 0 unspecified atom stereocenters. The lowest BCUT2D eigenvalue weighted by atomic mass is 9.88. The van der Waals surface area contributed by atoms with E-state index in [0.717, 1.165) is 10.8 Å². The van der Waals surface area contributed by atoms with Crippen molar-refractivity contribution in [2.75, 3.05) is 18.0 Å². The third-order valence-electron chi connectivity index (χ3n) is 4.47. The first kappa shape index (κ1) is 16.0. The highest BCUT2D eigenvalue weighted by atomic mass is 32.1. The van der Waals surface area contributed by atoms with Crippen LogP contribution in [0.25, 0.3) is 0 Å². The van der Waals surface area contributed by atoms with Crippen LogP contribution < -0.4 is 4.90 Å². The Labute approximate surface area is 139 Å². The molecule has 1 N–H and O–H groups in total. The summed E-state index contributed by atoms with van der Waals surface area (Å²) < 4.78 is 1.66. The molecule has 0 atom stereocenters. The normalized spacial score (nSPS) is 18.1. The quantitative estimate of drug-likeness (QED) is 0.934. The lowest BCUT2D eigenvalue weighted by molar-refractivity contribution is -0.149. The van der Waals surface area contributed by atoms with Crippen LogP contribution in [0.2, 0.25) is 0 Å². The molecule has 0 bridgehead atoms. The second-order valence-corrected chi connectivity index (χ2v) is 7.91. The molecule has 1 saturated heterocycles. The van der Waals surface area contributed by atoms with E-state index in [2.05, 4.69) is 35.8 Å². The minimum Gasteiger partial charge on any atom is -0.479 e. The van der Waals surface area contributed by atoms with Crippen molar-refractivity contribution in [1.29, 1.82) is 0 Å². The van der Waals surface area contributed by atoms with E-state index in [4.69, 9.17) is 0 Å². The SMILES string of the molecule is CC(C)(C)c1ccn(C2(C(=O)O)CCN(c3nccs3)CC2)n1. The van der Waals surface area contributed by atoms with Gasteiger partial charge in [-0.25, -0.2) is 9.78 Å². The number of thiazole rings is 1. The first-order chi connectivity index (χ1) is 10.8. The summed E-state index contributed by atoms with van der Waals surface area (Å²) in [4.78, 5) is 18.5. The van der Waals surface area contributed by atoms with Crippen molar-refractivity contribution in [2.24, 2.45) is 0 Å². The third kappa shape index (κ3) is 2.85. The number of rotatable bonds is 3. The van der Waals surface area contributed by atoms with E-state index < -0.39 is 11.5 Å². The molecule has 2 aromatic rings. The molecule has 6 nitrogen and oxygen atoms in total. The zero-order chi connectivity index (χ0) is 16.7. The van der Waals surface area contributed by atoms with Crippen LogP contribution in [-0.4, -0.2) is 38.9 Å². The fraction of sp³-hybridized carbons (Fsp3) is 0.562. The highest BCUT2D eigenvalue weighted by Crippen LogP contribution is 2.34. The van der Waals surface area contributed by atoms with Gasteiger partial charge in [-0.3, -0.25) is 4.68 Å². The number of anilines is 1. The zero-order valence-corrected chi connectivity index (χ0v) is 14.5. The van der Waals surface area contributed by atoms with Crippen molar-refractivity contribution < 1.29 is 9.90 Å². The van der Waals surface area contributed by atoms with Crippen LogP contribution in [0.1, 0.15) is 39.3 Å². The Kier molecular flexibility index (Phi) is 3.91. The maximum atomic E-state index is 12.0. The van der Waals surface area contributed by atoms with Gasteiger partial charge in [0.25, 0.3) is 0 Å². The molecule has 0 aromatic carbocycles. The molecule has 1 aliphatic rings. The van der Waals surface area contributed by atoms with E-state index in [9.17, 15) is 9.90 Å². The van der Waals surface area contributed by atoms with Gasteiger partial charge in [-0.15, -0.1) is 11.3 Å². The Balaban J connectivity index is 1.85. The minimum atomic E-state index is -0.961. The monoisotopic (exact) mass is 334 g/mol. The van der Waals surface area contributed by atoms with Crippen LogP contribution in [0.5, 0.6) is 0 Å². The summed E-state index contributed by atoms with van der Waals surface area (Å²) in [5.41, 5.74) is -0.135. The second-order valence-electron chi connectivity index (χ2n) is 7.03. The van der Waals surface area contributed by atoms with Gasteiger partial charge in [0.05, 0.1) is 5.69 Å². The van der Waals surface area contributed by atoms with Crippen LogP contribution in [0.4, 0.5) is 5.13 Å². The number of aliphatic carboxylic acids is 1. The van der Waals surface area contributed by atoms with Crippen molar-refractivity contribution in [3.05, 3.63) is 29.5 Å². The summed E-state index contributed by atoms with van der Waals surface area (Å²) in [6, 6.07) is 1.93. The predicted octanol–water partition coefficient (Wildman–Crippen LogP) is 2.72. The second kappa shape index (κ2) is 5.63. The molecule has 7 heteroatoms. The zero-order valence-electron chi connectivity index (χ0n) is 13.7.